The normalized spacial score (nSPS) is 13.7. The van der Waals surface area contributed by atoms with Crippen molar-refractivity contribution in [2.24, 2.45) is 0 Å². The number of hydrogen-bond donors (Lipinski definition) is 0. The molecule has 81 heavy (non-hydrogen) atoms. The van der Waals surface area contributed by atoms with Gasteiger partial charge in [0.1, 0.15) is 0 Å². The van der Waals surface area contributed by atoms with Crippen LogP contribution in [0.1, 0.15) is 195 Å². The minimum absolute atomic E-state index is 0.0542. The van der Waals surface area contributed by atoms with Gasteiger partial charge >= 0.3 is 0 Å². The Morgan fingerprint density at radius 3 is 1.09 bits per heavy atom. The number of benzene rings is 8. The first-order valence-corrected chi connectivity index (χ1v) is 30.5. The maximum absolute atomic E-state index is 15.6. The number of imide groups is 1. The van der Waals surface area contributed by atoms with Crippen LogP contribution in [-0.2, 0) is 6.54 Å². The molecule has 0 aliphatic carbocycles. The van der Waals surface area contributed by atoms with Crippen LogP contribution in [0.2, 0.25) is 0 Å². The highest BCUT2D eigenvalue weighted by Gasteiger charge is 2.35. The topological polar surface area (TPSA) is 155 Å². The van der Waals surface area contributed by atoms with E-state index >= 15 is 28.8 Å². The summed E-state index contributed by atoms with van der Waals surface area (Å²) in [6.07, 6.45) is 19.7. The van der Waals surface area contributed by atoms with Gasteiger partial charge in [-0.2, -0.15) is 0 Å². The van der Waals surface area contributed by atoms with Crippen LogP contribution in [0.3, 0.4) is 0 Å². The van der Waals surface area contributed by atoms with Gasteiger partial charge in [0, 0.05) is 74.0 Å². The van der Waals surface area contributed by atoms with E-state index in [1.54, 1.807) is 36.4 Å². The third-order valence-corrected chi connectivity index (χ3v) is 18.6. The van der Waals surface area contributed by atoms with Crippen molar-refractivity contribution >= 4 is 109 Å². The lowest BCUT2D eigenvalue weighted by Gasteiger charge is -2.27. The standard InChI is InChI=1S/C69H72N4O8/c1-5-9-13-17-21-29-42(28-20-16-12-8-4)73-65(77)48-35-33-44-43-32-34-47-54-51(66(78)72(64(47)76)41(26-18-14-10-6-2)27-19-15-11-7-3)38-49-58(56(43)54)59-50(39-52(67(73)79)55(48)57(44)59)61-60(49)68(80)71(69(61)81)37-36-70-62(74)45-30-22-24-40-25-23-31-46(53(40)45)63(70)75/h22-25,30-35,38-39,41-42H,5-21,26-29,36-37H2,1-4H3. The van der Waals surface area contributed by atoms with Crippen molar-refractivity contribution < 1.29 is 9.59 Å². The lowest BCUT2D eigenvalue weighted by molar-refractivity contribution is 0.0604. The van der Waals surface area contributed by atoms with Gasteiger partial charge in [0.2, 0.25) is 0 Å². The summed E-state index contributed by atoms with van der Waals surface area (Å²) in [5, 5.41) is 8.15. The van der Waals surface area contributed by atoms with Crippen molar-refractivity contribution in [2.45, 2.75) is 181 Å². The van der Waals surface area contributed by atoms with Gasteiger partial charge < -0.3 is 0 Å². The van der Waals surface area contributed by atoms with Gasteiger partial charge in [-0.15, -0.1) is 0 Å². The van der Waals surface area contributed by atoms with Gasteiger partial charge in [-0.25, -0.2) is 0 Å². The average Bonchev–Trinajstić information content (AvgIpc) is 1.91. The molecule has 416 valence electrons. The highest BCUT2D eigenvalue weighted by molar-refractivity contribution is 6.49. The molecule has 1 aliphatic rings. The number of aromatic nitrogens is 3. The highest BCUT2D eigenvalue weighted by atomic mass is 16.2. The number of unbranched alkanes of at least 4 members (excludes halogenated alkanes) is 13. The number of fused-ring (bicyclic) bond motifs is 4. The number of amides is 2. The third kappa shape index (κ3) is 8.59. The Morgan fingerprint density at radius 2 is 0.679 bits per heavy atom. The molecule has 1 atom stereocenters. The summed E-state index contributed by atoms with van der Waals surface area (Å²) < 4.78 is 4.04. The average molecular weight is 1090 g/mol. The molecule has 0 radical (unpaired) electrons. The van der Waals surface area contributed by atoms with E-state index in [0.29, 0.717) is 107 Å². The zero-order valence-electron chi connectivity index (χ0n) is 47.4. The summed E-state index contributed by atoms with van der Waals surface area (Å²) in [5.74, 6) is -1.06. The van der Waals surface area contributed by atoms with Crippen LogP contribution in [0.15, 0.2) is 102 Å². The molecule has 0 bridgehead atoms. The second-order valence-corrected chi connectivity index (χ2v) is 23.5. The van der Waals surface area contributed by atoms with E-state index < -0.39 is 34.1 Å². The zero-order valence-corrected chi connectivity index (χ0v) is 47.4. The Bertz CT molecular complexity index is 4550. The molecule has 12 nitrogen and oxygen atoms in total. The predicted molar refractivity (Wildman–Crippen MR) is 331 cm³/mol. The SMILES string of the molecule is CCCCCCCC(CCCCCC)n1c(=O)c2ccc3c4ccc5c(=O)n(C(CCCCCC)CCCCCC)c(=O)c6cc7c8c(=O)n(CCN9C(=O)c%10cccc%11cccc(c%10%11)C9=O)c(=O)c8c8cc(c1=O)c2c3c8c7c4c56. The zero-order chi connectivity index (χ0) is 56.4. The maximum atomic E-state index is 15.6. The summed E-state index contributed by atoms with van der Waals surface area (Å²) in [6.45, 7) is 8.04. The third-order valence-electron chi connectivity index (χ3n) is 18.6. The van der Waals surface area contributed by atoms with E-state index in [9.17, 15) is 9.59 Å². The molecular formula is C69H72N4O8. The number of rotatable bonds is 26. The van der Waals surface area contributed by atoms with Gasteiger partial charge in [0.15, 0.2) is 0 Å². The minimum atomic E-state index is -0.659. The van der Waals surface area contributed by atoms with E-state index in [1.807, 2.05) is 36.4 Å². The number of hydrogen-bond acceptors (Lipinski definition) is 8. The number of carbonyl (C=O) groups excluding carboxylic acids is 2. The molecule has 0 saturated carbocycles. The van der Waals surface area contributed by atoms with Crippen LogP contribution in [0, 0.1) is 0 Å². The molecule has 4 heterocycles. The minimum Gasteiger partial charge on any atom is -0.273 e. The van der Waals surface area contributed by atoms with E-state index in [2.05, 4.69) is 27.7 Å². The molecule has 0 N–H and O–H groups in total. The summed E-state index contributed by atoms with van der Waals surface area (Å²) >= 11 is 0. The summed E-state index contributed by atoms with van der Waals surface area (Å²) in [5.41, 5.74) is -2.20. The van der Waals surface area contributed by atoms with Crippen molar-refractivity contribution in [1.29, 1.82) is 0 Å². The molecule has 1 aliphatic heterocycles. The first kappa shape index (κ1) is 54.0. The van der Waals surface area contributed by atoms with Crippen molar-refractivity contribution in [3.8, 4) is 0 Å². The molecule has 0 spiro atoms. The first-order valence-electron chi connectivity index (χ1n) is 30.5. The molecule has 0 saturated heterocycles. The van der Waals surface area contributed by atoms with E-state index in [1.165, 1.54) is 9.13 Å². The summed E-state index contributed by atoms with van der Waals surface area (Å²) in [6, 6.07) is 20.8. The van der Waals surface area contributed by atoms with Gasteiger partial charge in [0.25, 0.3) is 45.2 Å². The first-order chi connectivity index (χ1) is 39.5. The van der Waals surface area contributed by atoms with Gasteiger partial charge in [0.05, 0.1) is 10.8 Å². The van der Waals surface area contributed by atoms with Crippen LogP contribution < -0.4 is 33.4 Å². The molecule has 3 aromatic heterocycles. The van der Waals surface area contributed by atoms with Crippen molar-refractivity contribution in [2.75, 3.05) is 6.54 Å². The van der Waals surface area contributed by atoms with Crippen LogP contribution in [0.4, 0.5) is 0 Å². The Balaban J connectivity index is 1.13. The van der Waals surface area contributed by atoms with Crippen LogP contribution in [0.25, 0.3) is 97.0 Å². The van der Waals surface area contributed by atoms with Gasteiger partial charge in [-0.05, 0) is 111 Å². The van der Waals surface area contributed by atoms with Crippen LogP contribution in [-0.4, -0.2) is 37.0 Å². The molecular weight excluding hydrogens is 1010 g/mol. The smallest absolute Gasteiger partial charge is 0.262 e. The van der Waals surface area contributed by atoms with Crippen LogP contribution >= 0.6 is 0 Å². The Labute approximate surface area is 468 Å². The van der Waals surface area contributed by atoms with E-state index in [4.69, 9.17) is 0 Å². The Kier molecular flexibility index (Phi) is 14.7. The largest absolute Gasteiger partial charge is 0.273 e. The Morgan fingerprint density at radius 1 is 0.321 bits per heavy atom. The summed E-state index contributed by atoms with van der Waals surface area (Å²) in [7, 11) is 0. The molecule has 2 amide bonds. The van der Waals surface area contributed by atoms with Crippen molar-refractivity contribution in [3.05, 3.63) is 146 Å². The highest BCUT2D eigenvalue weighted by Crippen LogP contribution is 2.50. The monoisotopic (exact) mass is 1080 g/mol. The lowest BCUT2D eigenvalue weighted by atomic mass is 9.81. The van der Waals surface area contributed by atoms with Crippen molar-refractivity contribution in [1.82, 2.24) is 18.6 Å². The van der Waals surface area contributed by atoms with Crippen molar-refractivity contribution in [3.63, 3.8) is 0 Å². The second-order valence-electron chi connectivity index (χ2n) is 23.5. The molecule has 8 aromatic carbocycles. The molecule has 0 fully saturated rings. The van der Waals surface area contributed by atoms with Gasteiger partial charge in [-0.1, -0.05) is 173 Å². The maximum Gasteiger partial charge on any atom is 0.262 e. The van der Waals surface area contributed by atoms with E-state index in [-0.39, 0.29) is 57.8 Å². The molecule has 11 aromatic rings. The molecule has 12 rings (SSSR count). The van der Waals surface area contributed by atoms with E-state index in [0.717, 1.165) is 124 Å². The lowest BCUT2D eigenvalue weighted by Crippen LogP contribution is -2.43. The molecule has 1 unspecified atom stereocenters. The predicted octanol–water partition coefficient (Wildman–Crippen LogP) is 14.5. The fraction of sp³-hybridized carbons (Fsp3) is 0.420. The fourth-order valence-corrected chi connectivity index (χ4v) is 14.5. The van der Waals surface area contributed by atoms with Crippen LogP contribution in [0.5, 0.6) is 0 Å². The quantitative estimate of drug-likeness (QED) is 0.0225. The summed E-state index contributed by atoms with van der Waals surface area (Å²) in [4.78, 5) is 122. The number of carbonyl (C=O) groups is 2. The van der Waals surface area contributed by atoms with Gasteiger partial charge in [-0.3, -0.25) is 57.0 Å². The number of pyridine rings is 2. The Hall–Kier alpha value is -7.60. The second kappa shape index (κ2) is 22.0. The molecule has 12 heteroatoms. The number of nitrogens with zero attached hydrogens (tertiary/aromatic N) is 4. The fourth-order valence-electron chi connectivity index (χ4n) is 14.5.